The van der Waals surface area contributed by atoms with Crippen LogP contribution in [-0.2, 0) is 11.3 Å². The Morgan fingerprint density at radius 3 is 2.38 bits per heavy atom. The molecule has 1 unspecified atom stereocenters. The van der Waals surface area contributed by atoms with Crippen molar-refractivity contribution in [3.05, 3.63) is 17.7 Å². The molecule has 0 amide bonds. The Morgan fingerprint density at radius 2 is 1.88 bits per heavy atom. The normalized spacial score (nSPS) is 12.9. The van der Waals surface area contributed by atoms with Gasteiger partial charge >= 0.3 is 0 Å². The van der Waals surface area contributed by atoms with Gasteiger partial charge in [0.25, 0.3) is 0 Å². The third-order valence-corrected chi connectivity index (χ3v) is 2.82. The van der Waals surface area contributed by atoms with Crippen LogP contribution in [0.15, 0.2) is 6.33 Å². The molecule has 0 aliphatic heterocycles. The van der Waals surface area contributed by atoms with E-state index >= 15 is 0 Å². The number of nitrogens with zero attached hydrogens (tertiary/aromatic N) is 2. The van der Waals surface area contributed by atoms with E-state index < -0.39 is 0 Å². The number of ether oxygens (including phenoxy) is 2. The van der Waals surface area contributed by atoms with E-state index in [4.69, 9.17) is 9.47 Å². The summed E-state index contributed by atoms with van der Waals surface area (Å²) in [6, 6.07) is 0. The highest BCUT2D eigenvalue weighted by Gasteiger charge is 2.19. The predicted octanol–water partition coefficient (Wildman–Crippen LogP) is 2.39. The molecule has 1 atom stereocenters. The zero-order valence-corrected chi connectivity index (χ0v) is 10.7. The topological polar surface area (TPSA) is 44.2 Å². The molecule has 4 heteroatoms. The largest absolute Gasteiger partial charge is 0.493 e. The van der Waals surface area contributed by atoms with Crippen molar-refractivity contribution < 1.29 is 9.47 Å². The van der Waals surface area contributed by atoms with Crippen LogP contribution in [0.25, 0.3) is 0 Å². The number of aromatic nitrogens is 2. The lowest BCUT2D eigenvalue weighted by Crippen LogP contribution is -2.10. The average Bonchev–Trinajstić information content (AvgIpc) is 2.28. The van der Waals surface area contributed by atoms with Crippen molar-refractivity contribution in [2.45, 2.75) is 33.3 Å². The van der Waals surface area contributed by atoms with Crippen LogP contribution in [0, 0.1) is 5.92 Å². The van der Waals surface area contributed by atoms with Crippen LogP contribution in [0.2, 0.25) is 0 Å². The van der Waals surface area contributed by atoms with Crippen LogP contribution in [0.3, 0.4) is 0 Å². The molecule has 1 aromatic rings. The zero-order valence-electron chi connectivity index (χ0n) is 10.7. The van der Waals surface area contributed by atoms with E-state index in [1.807, 2.05) is 0 Å². The van der Waals surface area contributed by atoms with E-state index in [9.17, 15) is 0 Å². The SMILES string of the molecule is COCc1ncnc(C(C)C(C)C)c1OC. The molecular formula is C12H20N2O2. The standard InChI is InChI=1S/C12H20N2O2/c1-8(2)9(3)11-12(16-5)10(6-15-4)13-7-14-11/h7-9H,6H2,1-5H3. The number of methoxy groups -OCH3 is 2. The first kappa shape index (κ1) is 12.9. The fourth-order valence-electron chi connectivity index (χ4n) is 1.53. The Kier molecular flexibility index (Phi) is 4.68. The molecule has 0 aromatic carbocycles. The summed E-state index contributed by atoms with van der Waals surface area (Å²) in [4.78, 5) is 8.50. The van der Waals surface area contributed by atoms with E-state index in [-0.39, 0.29) is 0 Å². The van der Waals surface area contributed by atoms with Gasteiger partial charge < -0.3 is 9.47 Å². The lowest BCUT2D eigenvalue weighted by molar-refractivity contribution is 0.177. The van der Waals surface area contributed by atoms with Gasteiger partial charge in [-0.15, -0.1) is 0 Å². The van der Waals surface area contributed by atoms with Gasteiger partial charge in [-0.05, 0) is 5.92 Å². The van der Waals surface area contributed by atoms with Crippen molar-refractivity contribution in [3.8, 4) is 5.75 Å². The minimum absolute atomic E-state index is 0.341. The molecular weight excluding hydrogens is 204 g/mol. The predicted molar refractivity (Wildman–Crippen MR) is 62.6 cm³/mol. The number of hydrogen-bond donors (Lipinski definition) is 0. The van der Waals surface area contributed by atoms with Crippen LogP contribution < -0.4 is 4.74 Å². The molecule has 1 heterocycles. The lowest BCUT2D eigenvalue weighted by atomic mass is 9.93. The van der Waals surface area contributed by atoms with E-state index in [0.717, 1.165) is 17.1 Å². The van der Waals surface area contributed by atoms with Gasteiger partial charge in [0.1, 0.15) is 12.0 Å². The van der Waals surface area contributed by atoms with Gasteiger partial charge in [-0.2, -0.15) is 0 Å². The third-order valence-electron chi connectivity index (χ3n) is 2.82. The van der Waals surface area contributed by atoms with Crippen LogP contribution >= 0.6 is 0 Å². The maximum atomic E-state index is 5.40. The molecule has 4 nitrogen and oxygen atoms in total. The summed E-state index contributed by atoms with van der Waals surface area (Å²) >= 11 is 0. The summed E-state index contributed by atoms with van der Waals surface area (Å²) in [7, 11) is 3.29. The molecule has 0 bridgehead atoms. The Balaban J connectivity index is 3.12. The van der Waals surface area contributed by atoms with Crippen LogP contribution in [-0.4, -0.2) is 24.2 Å². The van der Waals surface area contributed by atoms with Crippen molar-refractivity contribution in [1.82, 2.24) is 9.97 Å². The minimum Gasteiger partial charge on any atom is -0.493 e. The number of rotatable bonds is 5. The lowest BCUT2D eigenvalue weighted by Gasteiger charge is -2.19. The van der Waals surface area contributed by atoms with Gasteiger partial charge in [0.15, 0.2) is 5.75 Å². The molecule has 0 saturated carbocycles. The van der Waals surface area contributed by atoms with Crippen molar-refractivity contribution in [3.63, 3.8) is 0 Å². The summed E-state index contributed by atoms with van der Waals surface area (Å²) in [5, 5.41) is 0. The minimum atomic E-state index is 0.341. The molecule has 16 heavy (non-hydrogen) atoms. The Labute approximate surface area is 97.0 Å². The van der Waals surface area contributed by atoms with Gasteiger partial charge in [-0.3, -0.25) is 0 Å². The highest BCUT2D eigenvalue weighted by atomic mass is 16.5. The van der Waals surface area contributed by atoms with Crippen molar-refractivity contribution >= 4 is 0 Å². The first-order valence-corrected chi connectivity index (χ1v) is 5.48. The van der Waals surface area contributed by atoms with Crippen LogP contribution in [0.1, 0.15) is 38.1 Å². The highest BCUT2D eigenvalue weighted by molar-refractivity contribution is 5.34. The maximum Gasteiger partial charge on any atom is 0.164 e. The maximum absolute atomic E-state index is 5.40. The fourth-order valence-corrected chi connectivity index (χ4v) is 1.53. The molecule has 0 saturated heterocycles. The second-order valence-corrected chi connectivity index (χ2v) is 4.20. The van der Waals surface area contributed by atoms with Crippen molar-refractivity contribution in [1.29, 1.82) is 0 Å². The third kappa shape index (κ3) is 2.70. The zero-order chi connectivity index (χ0) is 12.1. The molecule has 0 spiro atoms. The van der Waals surface area contributed by atoms with Gasteiger partial charge in [-0.1, -0.05) is 20.8 Å². The summed E-state index contributed by atoms with van der Waals surface area (Å²) in [6.07, 6.45) is 1.57. The van der Waals surface area contributed by atoms with E-state index in [0.29, 0.717) is 18.4 Å². The van der Waals surface area contributed by atoms with Gasteiger partial charge in [0, 0.05) is 13.0 Å². The van der Waals surface area contributed by atoms with E-state index in [1.54, 1.807) is 20.5 Å². The first-order valence-electron chi connectivity index (χ1n) is 5.48. The second-order valence-electron chi connectivity index (χ2n) is 4.20. The molecule has 0 aliphatic rings. The average molecular weight is 224 g/mol. The Morgan fingerprint density at radius 1 is 1.19 bits per heavy atom. The second kappa shape index (κ2) is 5.80. The molecule has 0 fully saturated rings. The summed E-state index contributed by atoms with van der Waals surface area (Å²) in [6.45, 7) is 6.93. The van der Waals surface area contributed by atoms with Gasteiger partial charge in [-0.25, -0.2) is 9.97 Å². The van der Waals surface area contributed by atoms with Gasteiger partial charge in [0.05, 0.1) is 19.4 Å². The number of hydrogen-bond acceptors (Lipinski definition) is 4. The quantitative estimate of drug-likeness (QED) is 0.770. The van der Waals surface area contributed by atoms with E-state index in [1.165, 1.54) is 0 Å². The van der Waals surface area contributed by atoms with Crippen LogP contribution in [0.4, 0.5) is 0 Å². The van der Waals surface area contributed by atoms with Crippen molar-refractivity contribution in [2.24, 2.45) is 5.92 Å². The van der Waals surface area contributed by atoms with Crippen LogP contribution in [0.5, 0.6) is 5.75 Å². The molecule has 0 N–H and O–H groups in total. The summed E-state index contributed by atoms with van der Waals surface area (Å²) in [5.74, 6) is 1.61. The summed E-state index contributed by atoms with van der Waals surface area (Å²) < 4.78 is 10.5. The first-order chi connectivity index (χ1) is 7.61. The highest BCUT2D eigenvalue weighted by Crippen LogP contribution is 2.31. The Bertz CT molecular complexity index is 340. The Hall–Kier alpha value is -1.16. The van der Waals surface area contributed by atoms with Crippen molar-refractivity contribution in [2.75, 3.05) is 14.2 Å². The monoisotopic (exact) mass is 224 g/mol. The van der Waals surface area contributed by atoms with E-state index in [2.05, 4.69) is 30.7 Å². The van der Waals surface area contributed by atoms with Gasteiger partial charge in [0.2, 0.25) is 0 Å². The summed E-state index contributed by atoms with van der Waals surface area (Å²) in [5.41, 5.74) is 1.77. The molecule has 90 valence electrons. The molecule has 0 radical (unpaired) electrons. The smallest absolute Gasteiger partial charge is 0.164 e. The molecule has 1 aromatic heterocycles. The molecule has 1 rings (SSSR count). The molecule has 0 aliphatic carbocycles. The fraction of sp³-hybridized carbons (Fsp3) is 0.667.